The molecule has 1 aromatic carbocycles. The molecule has 10 nitrogen and oxygen atoms in total. The Morgan fingerprint density at radius 3 is 2.56 bits per heavy atom. The number of phenols is 1. The van der Waals surface area contributed by atoms with Gasteiger partial charge in [0.25, 0.3) is 0 Å². The lowest BCUT2D eigenvalue weighted by Gasteiger charge is -2.34. The van der Waals surface area contributed by atoms with Crippen molar-refractivity contribution < 1.29 is 29.7 Å². The molecule has 34 heavy (non-hydrogen) atoms. The van der Waals surface area contributed by atoms with Crippen molar-refractivity contribution in [2.75, 3.05) is 6.54 Å². The Bertz CT molecular complexity index is 1080. The Balaban J connectivity index is 1.71. The molecule has 1 aliphatic rings. The van der Waals surface area contributed by atoms with Gasteiger partial charge in [0.15, 0.2) is 0 Å². The van der Waals surface area contributed by atoms with Crippen LogP contribution in [0.5, 0.6) is 5.75 Å². The Kier molecular flexibility index (Phi) is 7.47. The summed E-state index contributed by atoms with van der Waals surface area (Å²) < 4.78 is 0. The number of aromatic nitrogens is 1. The van der Waals surface area contributed by atoms with Crippen LogP contribution in [0.4, 0.5) is 4.79 Å². The van der Waals surface area contributed by atoms with E-state index in [4.69, 9.17) is 5.11 Å². The molecule has 2 aromatic rings. The number of carbonyl (C=O) groups is 3. The average molecular weight is 491 g/mol. The van der Waals surface area contributed by atoms with Crippen LogP contribution in [0.2, 0.25) is 0 Å². The summed E-state index contributed by atoms with van der Waals surface area (Å²) in [6.07, 6.45) is -2.21. The van der Waals surface area contributed by atoms with E-state index in [1.54, 1.807) is 38.4 Å². The standard InChI is InChI=1S/C23H30N4O6S/c1-12-18(34-11-25-12)13-5-6-14(17(29)7-13)9-24-20(30)16-8-15(28)10-27(16)21(31)19(23(2,3)4)26-22(32)33/h5-7,11,15-16,19,26,28-29H,8-10H2,1-4H3,(H,24,30)(H,32,33)/t15-,16-,19-/m1/s1. The monoisotopic (exact) mass is 490 g/mol. The lowest BCUT2D eigenvalue weighted by atomic mass is 9.85. The summed E-state index contributed by atoms with van der Waals surface area (Å²) >= 11 is 1.47. The Morgan fingerprint density at radius 2 is 2.00 bits per heavy atom. The van der Waals surface area contributed by atoms with Crippen molar-refractivity contribution >= 4 is 29.2 Å². The van der Waals surface area contributed by atoms with Crippen LogP contribution in [0.3, 0.4) is 0 Å². The molecule has 3 atom stereocenters. The molecule has 2 heterocycles. The first kappa shape index (κ1) is 25.4. The number of likely N-dealkylation sites (tertiary alicyclic amines) is 1. The number of rotatable bonds is 6. The third-order valence-corrected chi connectivity index (χ3v) is 6.77. The molecule has 5 N–H and O–H groups in total. The van der Waals surface area contributed by atoms with E-state index < -0.39 is 41.5 Å². The zero-order chi connectivity index (χ0) is 25.2. The van der Waals surface area contributed by atoms with Crippen LogP contribution in [0.15, 0.2) is 23.7 Å². The van der Waals surface area contributed by atoms with Crippen molar-refractivity contribution in [1.29, 1.82) is 0 Å². The first-order chi connectivity index (χ1) is 15.9. The minimum atomic E-state index is -1.35. The zero-order valence-corrected chi connectivity index (χ0v) is 20.3. The molecule has 11 heteroatoms. The number of aromatic hydroxyl groups is 1. The first-order valence-corrected chi connectivity index (χ1v) is 11.7. The van der Waals surface area contributed by atoms with Gasteiger partial charge in [-0.3, -0.25) is 9.59 Å². The Labute approximate surface area is 201 Å². The van der Waals surface area contributed by atoms with Gasteiger partial charge in [-0.2, -0.15) is 0 Å². The third-order valence-electron chi connectivity index (χ3n) is 5.79. The van der Waals surface area contributed by atoms with Crippen molar-refractivity contribution in [3.05, 3.63) is 35.0 Å². The normalized spacial score (nSPS) is 19.0. The number of thiazole rings is 1. The number of hydrogen-bond donors (Lipinski definition) is 5. The predicted molar refractivity (Wildman–Crippen MR) is 126 cm³/mol. The predicted octanol–water partition coefficient (Wildman–Crippen LogP) is 2.08. The van der Waals surface area contributed by atoms with E-state index >= 15 is 0 Å². The largest absolute Gasteiger partial charge is 0.508 e. The highest BCUT2D eigenvalue weighted by molar-refractivity contribution is 7.13. The molecule has 1 aromatic heterocycles. The number of hydrogen-bond acceptors (Lipinski definition) is 7. The molecule has 1 aliphatic heterocycles. The topological polar surface area (TPSA) is 152 Å². The number of aliphatic hydroxyl groups excluding tert-OH is 1. The number of β-amino-alcohol motifs (C(OH)–C–C–N with tert-alkyl or cyclic N) is 1. The van der Waals surface area contributed by atoms with Crippen molar-refractivity contribution in [3.63, 3.8) is 0 Å². The second-order valence-electron chi connectivity index (χ2n) is 9.47. The second-order valence-corrected chi connectivity index (χ2v) is 10.3. The molecule has 0 radical (unpaired) electrons. The number of aryl methyl sites for hydroxylation is 1. The highest BCUT2D eigenvalue weighted by Crippen LogP contribution is 2.31. The molecule has 3 rings (SSSR count). The van der Waals surface area contributed by atoms with Gasteiger partial charge in [0.2, 0.25) is 11.8 Å². The van der Waals surface area contributed by atoms with Gasteiger partial charge < -0.3 is 30.9 Å². The van der Waals surface area contributed by atoms with Crippen LogP contribution in [0.25, 0.3) is 10.4 Å². The number of phenolic OH excluding ortho intramolecular Hbond substituents is 1. The zero-order valence-electron chi connectivity index (χ0n) is 19.5. The van der Waals surface area contributed by atoms with E-state index in [0.717, 1.165) is 16.1 Å². The summed E-state index contributed by atoms with van der Waals surface area (Å²) in [7, 11) is 0. The third kappa shape index (κ3) is 5.65. The lowest BCUT2D eigenvalue weighted by Crippen LogP contribution is -2.57. The minimum Gasteiger partial charge on any atom is -0.508 e. The maximum Gasteiger partial charge on any atom is 0.405 e. The van der Waals surface area contributed by atoms with E-state index in [1.165, 1.54) is 16.2 Å². The van der Waals surface area contributed by atoms with Gasteiger partial charge in [0.1, 0.15) is 17.8 Å². The number of benzene rings is 1. The quantitative estimate of drug-likeness (QED) is 0.416. The Morgan fingerprint density at radius 1 is 1.29 bits per heavy atom. The van der Waals surface area contributed by atoms with Gasteiger partial charge in [0.05, 0.1) is 22.2 Å². The van der Waals surface area contributed by atoms with Crippen LogP contribution in [0.1, 0.15) is 38.4 Å². The summed E-state index contributed by atoms with van der Waals surface area (Å²) in [4.78, 5) is 43.7. The molecule has 0 aliphatic carbocycles. The van der Waals surface area contributed by atoms with E-state index in [9.17, 15) is 24.6 Å². The number of carbonyl (C=O) groups excluding carboxylic acids is 2. The number of nitrogens with one attached hydrogen (secondary N) is 2. The molecule has 1 saturated heterocycles. The maximum absolute atomic E-state index is 13.2. The molecular weight excluding hydrogens is 460 g/mol. The average Bonchev–Trinajstić information content (AvgIpc) is 3.35. The Hall–Kier alpha value is -3.18. The van der Waals surface area contributed by atoms with E-state index in [2.05, 4.69) is 15.6 Å². The molecule has 1 fully saturated rings. The minimum absolute atomic E-state index is 0.0171. The van der Waals surface area contributed by atoms with Crippen LogP contribution in [0, 0.1) is 12.3 Å². The number of amides is 3. The first-order valence-electron chi connectivity index (χ1n) is 10.9. The van der Waals surface area contributed by atoms with Gasteiger partial charge in [-0.05, 0) is 24.0 Å². The SMILES string of the molecule is Cc1ncsc1-c1ccc(CNC(=O)[C@H]2C[C@@H](O)CN2C(=O)[C@@H](NC(=O)O)C(C)(C)C)c(O)c1. The fraction of sp³-hybridized carbons (Fsp3) is 0.478. The van der Waals surface area contributed by atoms with Crippen molar-refractivity contribution in [1.82, 2.24) is 20.5 Å². The fourth-order valence-corrected chi connectivity index (χ4v) is 4.78. The molecule has 0 spiro atoms. The summed E-state index contributed by atoms with van der Waals surface area (Å²) in [5, 5.41) is 34.7. The van der Waals surface area contributed by atoms with Crippen molar-refractivity contribution in [2.45, 2.75) is 58.8 Å². The van der Waals surface area contributed by atoms with Crippen LogP contribution in [-0.4, -0.2) is 67.8 Å². The molecule has 0 bridgehead atoms. The summed E-state index contributed by atoms with van der Waals surface area (Å²) in [5.41, 5.74) is 3.17. The van der Waals surface area contributed by atoms with Gasteiger partial charge in [-0.1, -0.05) is 32.9 Å². The highest BCUT2D eigenvalue weighted by atomic mass is 32.1. The molecule has 0 saturated carbocycles. The molecule has 184 valence electrons. The van der Waals surface area contributed by atoms with Crippen LogP contribution >= 0.6 is 11.3 Å². The summed E-state index contributed by atoms with van der Waals surface area (Å²) in [5.74, 6) is -1.04. The van der Waals surface area contributed by atoms with E-state index in [1.807, 2.05) is 13.0 Å². The number of nitrogens with zero attached hydrogens (tertiary/aromatic N) is 2. The second kappa shape index (κ2) is 9.98. The van der Waals surface area contributed by atoms with Gasteiger partial charge in [-0.15, -0.1) is 11.3 Å². The molecular formula is C23H30N4O6S. The molecule has 0 unspecified atom stereocenters. The van der Waals surface area contributed by atoms with Crippen LogP contribution in [-0.2, 0) is 16.1 Å². The van der Waals surface area contributed by atoms with E-state index in [-0.39, 0.29) is 25.3 Å². The smallest absolute Gasteiger partial charge is 0.405 e. The summed E-state index contributed by atoms with van der Waals surface area (Å²) in [6, 6.07) is 3.12. The summed E-state index contributed by atoms with van der Waals surface area (Å²) in [6.45, 7) is 6.99. The van der Waals surface area contributed by atoms with Gasteiger partial charge >= 0.3 is 6.09 Å². The van der Waals surface area contributed by atoms with Gasteiger partial charge in [-0.25, -0.2) is 9.78 Å². The maximum atomic E-state index is 13.2. The van der Waals surface area contributed by atoms with Crippen LogP contribution < -0.4 is 10.6 Å². The van der Waals surface area contributed by atoms with E-state index in [0.29, 0.717) is 5.56 Å². The van der Waals surface area contributed by atoms with Gasteiger partial charge in [0, 0.05) is 25.1 Å². The molecule has 3 amide bonds. The highest BCUT2D eigenvalue weighted by Gasteiger charge is 2.44. The fourth-order valence-electron chi connectivity index (χ4n) is 3.98. The lowest BCUT2D eigenvalue weighted by molar-refractivity contribution is -0.142. The number of carboxylic acid groups (broad SMARTS) is 1. The van der Waals surface area contributed by atoms with Crippen molar-refractivity contribution in [2.24, 2.45) is 5.41 Å². The van der Waals surface area contributed by atoms with Crippen molar-refractivity contribution in [3.8, 4) is 16.2 Å². The number of aliphatic hydroxyl groups is 1.